The van der Waals surface area contributed by atoms with E-state index < -0.39 is 17.9 Å². The van der Waals surface area contributed by atoms with E-state index in [1.807, 2.05) is 6.92 Å². The first-order valence-corrected chi connectivity index (χ1v) is 8.51. The molecule has 0 bridgehead atoms. The summed E-state index contributed by atoms with van der Waals surface area (Å²) in [6.07, 6.45) is 3.20. The van der Waals surface area contributed by atoms with Crippen LogP contribution in [0.25, 0.3) is 11.8 Å². The number of carboxylic acids is 2. The van der Waals surface area contributed by atoms with Crippen molar-refractivity contribution in [2.75, 3.05) is 6.61 Å². The quantitative estimate of drug-likeness (QED) is 0.499. The van der Waals surface area contributed by atoms with Crippen LogP contribution in [-0.4, -0.2) is 34.7 Å². The molecule has 1 heterocycles. The number of aliphatic carboxylic acids is 2. The normalized spacial score (nSPS) is 14.3. The van der Waals surface area contributed by atoms with E-state index in [9.17, 15) is 19.5 Å². The molecule has 0 atom stereocenters. The molecule has 0 radical (unpaired) electrons. The largest absolute Gasteiger partial charge is 0.478 e. The minimum absolute atomic E-state index is 0.0371. The van der Waals surface area contributed by atoms with Crippen molar-refractivity contribution in [2.24, 2.45) is 0 Å². The van der Waals surface area contributed by atoms with Crippen LogP contribution >= 0.6 is 0 Å². The highest BCUT2D eigenvalue weighted by Gasteiger charge is 2.25. The van der Waals surface area contributed by atoms with Crippen LogP contribution in [0.4, 0.5) is 0 Å². The van der Waals surface area contributed by atoms with E-state index in [4.69, 9.17) is 9.84 Å². The lowest BCUT2D eigenvalue weighted by Gasteiger charge is -2.20. The van der Waals surface area contributed by atoms with Crippen molar-refractivity contribution < 1.29 is 29.3 Å². The van der Waals surface area contributed by atoms with Gasteiger partial charge in [-0.15, -0.1) is 0 Å². The summed E-state index contributed by atoms with van der Waals surface area (Å²) in [7, 11) is 0. The predicted molar refractivity (Wildman–Crippen MR) is 99.4 cm³/mol. The summed E-state index contributed by atoms with van der Waals surface area (Å²) in [6.45, 7) is 3.81. The number of nitrogens with one attached hydrogen (secondary N) is 1. The van der Waals surface area contributed by atoms with Gasteiger partial charge in [0.05, 0.1) is 23.5 Å². The lowest BCUT2D eigenvalue weighted by Crippen LogP contribution is -2.22. The molecule has 0 amide bonds. The van der Waals surface area contributed by atoms with Crippen LogP contribution in [0.5, 0.6) is 0 Å². The fourth-order valence-corrected chi connectivity index (χ4v) is 2.70. The van der Waals surface area contributed by atoms with Gasteiger partial charge in [0, 0.05) is 23.8 Å². The second kappa shape index (κ2) is 8.84. The molecular weight excluding hydrogens is 350 g/mol. The molecule has 1 aliphatic heterocycles. The highest BCUT2D eigenvalue weighted by molar-refractivity contribution is 6.02. The SMILES string of the molecule is CCOC(=O)/C(=C/c1ccccc1C1=C(C(=O)O)CC(C(=O)O)=CN1)CC. The van der Waals surface area contributed by atoms with Crippen LogP contribution in [0, 0.1) is 0 Å². The number of dihydropyridines is 1. The second-order valence-electron chi connectivity index (χ2n) is 5.79. The summed E-state index contributed by atoms with van der Waals surface area (Å²) in [4.78, 5) is 34.9. The van der Waals surface area contributed by atoms with Gasteiger partial charge in [0.25, 0.3) is 0 Å². The molecule has 0 spiro atoms. The highest BCUT2D eigenvalue weighted by atomic mass is 16.5. The van der Waals surface area contributed by atoms with Crippen molar-refractivity contribution in [2.45, 2.75) is 26.7 Å². The Morgan fingerprint density at radius 1 is 1.15 bits per heavy atom. The van der Waals surface area contributed by atoms with Gasteiger partial charge in [-0.25, -0.2) is 14.4 Å². The third kappa shape index (κ3) is 4.63. The Morgan fingerprint density at radius 2 is 1.85 bits per heavy atom. The number of hydrogen-bond acceptors (Lipinski definition) is 5. The van der Waals surface area contributed by atoms with Gasteiger partial charge in [-0.3, -0.25) is 0 Å². The topological polar surface area (TPSA) is 113 Å². The summed E-state index contributed by atoms with van der Waals surface area (Å²) in [5, 5.41) is 21.5. The van der Waals surface area contributed by atoms with Gasteiger partial charge in [0.2, 0.25) is 0 Å². The van der Waals surface area contributed by atoms with Gasteiger partial charge >= 0.3 is 17.9 Å². The third-order valence-electron chi connectivity index (χ3n) is 4.07. The summed E-state index contributed by atoms with van der Waals surface area (Å²) < 4.78 is 5.05. The number of hydrogen-bond donors (Lipinski definition) is 3. The van der Waals surface area contributed by atoms with Crippen molar-refractivity contribution in [1.29, 1.82) is 0 Å². The van der Waals surface area contributed by atoms with E-state index in [1.54, 1.807) is 37.3 Å². The fourth-order valence-electron chi connectivity index (χ4n) is 2.70. The van der Waals surface area contributed by atoms with Gasteiger partial charge < -0.3 is 20.3 Å². The lowest BCUT2D eigenvalue weighted by molar-refractivity contribution is -0.138. The number of carboxylic acid groups (broad SMARTS) is 2. The van der Waals surface area contributed by atoms with E-state index in [1.165, 1.54) is 6.20 Å². The molecule has 1 aliphatic rings. The Labute approximate surface area is 156 Å². The number of esters is 1. The molecule has 7 nitrogen and oxygen atoms in total. The van der Waals surface area contributed by atoms with Crippen molar-refractivity contribution in [3.63, 3.8) is 0 Å². The lowest BCUT2D eigenvalue weighted by atomic mass is 9.93. The third-order valence-corrected chi connectivity index (χ3v) is 4.07. The molecule has 0 unspecified atom stereocenters. The molecule has 0 fully saturated rings. The summed E-state index contributed by atoms with van der Waals surface area (Å²) in [5.74, 6) is -2.81. The zero-order valence-corrected chi connectivity index (χ0v) is 15.1. The van der Waals surface area contributed by atoms with Gasteiger partial charge in [-0.2, -0.15) is 0 Å². The molecular formula is C20H21NO6. The first-order valence-electron chi connectivity index (χ1n) is 8.51. The van der Waals surface area contributed by atoms with Crippen LogP contribution < -0.4 is 5.32 Å². The maximum atomic E-state index is 12.1. The zero-order valence-electron chi connectivity index (χ0n) is 15.1. The first kappa shape index (κ1) is 20.0. The van der Waals surface area contributed by atoms with E-state index in [0.717, 1.165) is 0 Å². The Bertz CT molecular complexity index is 863. The van der Waals surface area contributed by atoms with Crippen LogP contribution in [0.2, 0.25) is 0 Å². The van der Waals surface area contributed by atoms with E-state index in [-0.39, 0.29) is 24.2 Å². The number of carbonyl (C=O) groups is 3. The van der Waals surface area contributed by atoms with Crippen molar-refractivity contribution in [3.8, 4) is 0 Å². The smallest absolute Gasteiger partial charge is 0.334 e. The number of carbonyl (C=O) groups excluding carboxylic acids is 1. The number of ether oxygens (including phenoxy) is 1. The maximum Gasteiger partial charge on any atom is 0.334 e. The minimum atomic E-state index is -1.20. The van der Waals surface area contributed by atoms with Crippen molar-refractivity contribution >= 4 is 29.7 Å². The molecule has 27 heavy (non-hydrogen) atoms. The molecule has 1 aromatic carbocycles. The monoisotopic (exact) mass is 371 g/mol. The van der Waals surface area contributed by atoms with Crippen LogP contribution in [0.1, 0.15) is 37.8 Å². The van der Waals surface area contributed by atoms with Crippen molar-refractivity contribution in [3.05, 3.63) is 58.3 Å². The van der Waals surface area contributed by atoms with Crippen LogP contribution in [0.3, 0.4) is 0 Å². The zero-order chi connectivity index (χ0) is 20.0. The van der Waals surface area contributed by atoms with Gasteiger partial charge in [0.1, 0.15) is 0 Å². The number of rotatable bonds is 7. The van der Waals surface area contributed by atoms with Crippen LogP contribution in [0.15, 0.2) is 47.2 Å². The molecule has 3 N–H and O–H groups in total. The maximum absolute atomic E-state index is 12.1. The summed E-state index contributed by atoms with van der Waals surface area (Å²) >= 11 is 0. The minimum Gasteiger partial charge on any atom is -0.478 e. The van der Waals surface area contributed by atoms with Gasteiger partial charge in [-0.05, 0) is 25.0 Å². The molecule has 0 saturated carbocycles. The summed E-state index contributed by atoms with van der Waals surface area (Å²) in [5.41, 5.74) is 1.87. The fraction of sp³-hybridized carbons (Fsp3) is 0.250. The van der Waals surface area contributed by atoms with E-state index in [0.29, 0.717) is 28.8 Å². The van der Waals surface area contributed by atoms with Crippen molar-refractivity contribution in [1.82, 2.24) is 5.32 Å². The summed E-state index contributed by atoms with van der Waals surface area (Å²) in [6, 6.07) is 6.99. The average molecular weight is 371 g/mol. The molecule has 0 saturated heterocycles. The predicted octanol–water partition coefficient (Wildman–Crippen LogP) is 2.80. The average Bonchev–Trinajstić information content (AvgIpc) is 2.65. The molecule has 2 rings (SSSR count). The van der Waals surface area contributed by atoms with Gasteiger partial charge in [0.15, 0.2) is 0 Å². The Morgan fingerprint density at radius 3 is 2.44 bits per heavy atom. The van der Waals surface area contributed by atoms with E-state index >= 15 is 0 Å². The molecule has 0 aromatic heterocycles. The molecule has 142 valence electrons. The molecule has 1 aromatic rings. The highest BCUT2D eigenvalue weighted by Crippen LogP contribution is 2.29. The van der Waals surface area contributed by atoms with E-state index in [2.05, 4.69) is 5.32 Å². The first-order chi connectivity index (χ1) is 12.9. The van der Waals surface area contributed by atoms with Gasteiger partial charge in [-0.1, -0.05) is 31.2 Å². The second-order valence-corrected chi connectivity index (χ2v) is 5.79. The number of benzene rings is 1. The molecule has 0 aliphatic carbocycles. The van der Waals surface area contributed by atoms with Crippen LogP contribution in [-0.2, 0) is 19.1 Å². The Hall–Kier alpha value is -3.35. The Balaban J connectivity index is 2.53. The Kier molecular flexibility index (Phi) is 6.54. The standard InChI is InChI=1S/C20H21NO6/c1-3-12(20(26)27-4-2)9-13-7-5-6-8-15(13)17-16(19(24)25)10-14(11-21-17)18(22)23/h5-9,11,21H,3-4,10H2,1-2H3,(H,22,23)(H,24,25)/b12-9+. The molecule has 7 heteroatoms.